The van der Waals surface area contributed by atoms with Gasteiger partial charge in [-0.2, -0.15) is 5.10 Å². The average molecular weight is 484 g/mol. The van der Waals surface area contributed by atoms with E-state index in [4.69, 9.17) is 14.7 Å². The zero-order valence-corrected chi connectivity index (χ0v) is 19.9. The fraction of sp³-hybridized carbons (Fsp3) is 0.280. The van der Waals surface area contributed by atoms with Gasteiger partial charge in [-0.05, 0) is 37.5 Å². The van der Waals surface area contributed by atoms with E-state index in [9.17, 15) is 18.9 Å². The van der Waals surface area contributed by atoms with Gasteiger partial charge in [-0.3, -0.25) is 14.0 Å². The maximum atomic E-state index is 13.6. The first-order chi connectivity index (χ1) is 16.3. The van der Waals surface area contributed by atoms with Crippen molar-refractivity contribution in [2.24, 2.45) is 0 Å². The molecule has 0 bridgehead atoms. The van der Waals surface area contributed by atoms with E-state index in [0.717, 1.165) is 16.7 Å². The van der Waals surface area contributed by atoms with Crippen molar-refractivity contribution in [3.63, 3.8) is 0 Å². The Labute approximate surface area is 198 Å². The van der Waals surface area contributed by atoms with Crippen LogP contribution in [0.15, 0.2) is 54.6 Å². The van der Waals surface area contributed by atoms with Crippen molar-refractivity contribution in [1.82, 2.24) is 9.78 Å². The Hall–Kier alpha value is -3.24. The van der Waals surface area contributed by atoms with Gasteiger partial charge >= 0.3 is 5.97 Å². The molecule has 0 fully saturated rings. The van der Waals surface area contributed by atoms with Gasteiger partial charge in [0, 0.05) is 23.3 Å². The summed E-state index contributed by atoms with van der Waals surface area (Å²) in [6, 6.07) is 15.7. The number of aliphatic carboxylic acids is 1. The molecule has 3 aromatic rings. The zero-order chi connectivity index (χ0) is 24.7. The van der Waals surface area contributed by atoms with Crippen molar-refractivity contribution < 1.29 is 28.5 Å². The lowest BCUT2D eigenvalue weighted by Gasteiger charge is -2.08. The van der Waals surface area contributed by atoms with Gasteiger partial charge in [-0.1, -0.05) is 48.4 Å². The molecule has 34 heavy (non-hydrogen) atoms. The molecule has 0 amide bonds. The summed E-state index contributed by atoms with van der Waals surface area (Å²) in [7, 11) is -2.65. The third-order valence-corrected chi connectivity index (χ3v) is 6.18. The maximum Gasteiger partial charge on any atom is 0.305 e. The van der Waals surface area contributed by atoms with Crippen molar-refractivity contribution in [3.8, 4) is 34.2 Å². The largest absolute Gasteiger partial charge is 0.481 e. The summed E-state index contributed by atoms with van der Waals surface area (Å²) in [4.78, 5) is 10.6. The van der Waals surface area contributed by atoms with Gasteiger partial charge in [-0.25, -0.2) is 4.39 Å². The maximum absolute atomic E-state index is 13.6. The van der Waals surface area contributed by atoms with Crippen LogP contribution in [0, 0.1) is 17.7 Å². The third kappa shape index (κ3) is 6.64. The standard InChI is InChI=1S/C25H26FN2O5P/c1-17(2)28-22(9-6-14-33-34(32)16-21(29)15-23(30)31)24(18-10-12-20(26)13-11-18)25(27-28)19-7-4-3-5-8-19/h3-5,7-8,10-13,17,21,29,34H,14-16H2,1-2H3,(H,30,31). The Bertz CT molecular complexity index is 1210. The summed E-state index contributed by atoms with van der Waals surface area (Å²) >= 11 is 0. The number of aliphatic hydroxyl groups excluding tert-OH is 1. The van der Waals surface area contributed by atoms with Crippen LogP contribution < -0.4 is 0 Å². The van der Waals surface area contributed by atoms with Crippen molar-refractivity contribution in [2.45, 2.75) is 32.4 Å². The predicted molar refractivity (Wildman–Crippen MR) is 128 cm³/mol. The molecule has 0 aliphatic rings. The molecule has 3 rings (SSSR count). The molecular formula is C25H26FN2O5P. The monoisotopic (exact) mass is 484 g/mol. The zero-order valence-electron chi connectivity index (χ0n) is 18.9. The minimum Gasteiger partial charge on any atom is -0.481 e. The van der Waals surface area contributed by atoms with E-state index in [0.29, 0.717) is 11.4 Å². The number of hydrogen-bond donors (Lipinski definition) is 2. The highest BCUT2D eigenvalue weighted by Gasteiger charge is 2.21. The second kappa shape index (κ2) is 11.8. The lowest BCUT2D eigenvalue weighted by atomic mass is 9.99. The predicted octanol–water partition coefficient (Wildman–Crippen LogP) is 4.62. The Morgan fingerprint density at radius 1 is 1.15 bits per heavy atom. The van der Waals surface area contributed by atoms with E-state index in [1.54, 1.807) is 16.8 Å². The van der Waals surface area contributed by atoms with Gasteiger partial charge in [-0.15, -0.1) is 0 Å². The van der Waals surface area contributed by atoms with Crippen LogP contribution in [-0.2, 0) is 13.9 Å². The molecule has 2 N–H and O–H groups in total. The molecule has 178 valence electrons. The summed E-state index contributed by atoms with van der Waals surface area (Å²) in [5.74, 6) is 4.38. The summed E-state index contributed by atoms with van der Waals surface area (Å²) in [6.45, 7) is 3.78. The molecule has 1 aromatic heterocycles. The number of aromatic nitrogens is 2. The van der Waals surface area contributed by atoms with E-state index in [1.165, 1.54) is 12.1 Å². The van der Waals surface area contributed by atoms with Crippen molar-refractivity contribution >= 4 is 14.0 Å². The average Bonchev–Trinajstić information content (AvgIpc) is 3.17. The number of aliphatic hydroxyl groups is 1. The number of halogens is 1. The van der Waals surface area contributed by atoms with E-state index in [1.807, 2.05) is 44.2 Å². The van der Waals surface area contributed by atoms with Gasteiger partial charge in [0.2, 0.25) is 0 Å². The molecular weight excluding hydrogens is 458 g/mol. The molecule has 0 saturated carbocycles. The highest BCUT2D eigenvalue weighted by atomic mass is 31.1. The van der Waals surface area contributed by atoms with Gasteiger partial charge in [0.15, 0.2) is 8.03 Å². The number of rotatable bonds is 9. The van der Waals surface area contributed by atoms with Gasteiger partial charge in [0.25, 0.3) is 0 Å². The summed E-state index contributed by atoms with van der Waals surface area (Å²) in [6.07, 6.45) is -1.98. The van der Waals surface area contributed by atoms with Crippen molar-refractivity contribution in [3.05, 3.63) is 66.1 Å². The molecule has 0 aliphatic carbocycles. The Kier molecular flexibility index (Phi) is 8.78. The van der Waals surface area contributed by atoms with Crippen molar-refractivity contribution in [2.75, 3.05) is 12.8 Å². The van der Waals surface area contributed by atoms with Crippen LogP contribution in [0.5, 0.6) is 0 Å². The van der Waals surface area contributed by atoms with E-state index >= 15 is 0 Å². The van der Waals surface area contributed by atoms with Crippen LogP contribution in [0.2, 0.25) is 0 Å². The number of benzene rings is 2. The number of carbonyl (C=O) groups is 1. The molecule has 9 heteroatoms. The molecule has 7 nitrogen and oxygen atoms in total. The summed E-state index contributed by atoms with van der Waals surface area (Å²) in [5.41, 5.74) is 3.70. The molecule has 2 atom stereocenters. The van der Waals surface area contributed by atoms with Crippen LogP contribution in [-0.4, -0.2) is 44.8 Å². The normalized spacial score (nSPS) is 12.7. The van der Waals surface area contributed by atoms with Crippen LogP contribution in [0.4, 0.5) is 4.39 Å². The lowest BCUT2D eigenvalue weighted by molar-refractivity contribution is -0.138. The summed E-state index contributed by atoms with van der Waals surface area (Å²) in [5, 5.41) is 23.1. The molecule has 0 spiro atoms. The third-order valence-electron chi connectivity index (χ3n) is 4.90. The molecule has 0 radical (unpaired) electrons. The molecule has 2 aromatic carbocycles. The van der Waals surface area contributed by atoms with Crippen LogP contribution in [0.25, 0.3) is 22.4 Å². The first-order valence-electron chi connectivity index (χ1n) is 10.7. The first kappa shape index (κ1) is 25.4. The Morgan fingerprint density at radius 2 is 1.82 bits per heavy atom. The minimum atomic E-state index is -2.65. The summed E-state index contributed by atoms with van der Waals surface area (Å²) < 4.78 is 32.6. The Balaban J connectivity index is 1.94. The van der Waals surface area contributed by atoms with E-state index < -0.39 is 26.5 Å². The molecule has 1 heterocycles. The number of nitrogens with zero attached hydrogens (tertiary/aromatic N) is 2. The van der Waals surface area contributed by atoms with Gasteiger partial charge in [0.05, 0.1) is 12.5 Å². The first-order valence-corrected chi connectivity index (χ1v) is 12.3. The second-order valence-electron chi connectivity index (χ2n) is 7.90. The number of hydrogen-bond acceptors (Lipinski definition) is 5. The van der Waals surface area contributed by atoms with Crippen molar-refractivity contribution in [1.29, 1.82) is 0 Å². The smallest absolute Gasteiger partial charge is 0.305 e. The van der Waals surface area contributed by atoms with E-state index in [2.05, 4.69) is 11.8 Å². The van der Waals surface area contributed by atoms with Gasteiger partial charge in [0.1, 0.15) is 23.8 Å². The van der Waals surface area contributed by atoms with Crippen LogP contribution in [0.1, 0.15) is 32.0 Å². The quantitative estimate of drug-likeness (QED) is 0.340. The highest BCUT2D eigenvalue weighted by Crippen LogP contribution is 2.35. The van der Waals surface area contributed by atoms with Crippen LogP contribution in [0.3, 0.4) is 0 Å². The fourth-order valence-corrected chi connectivity index (χ4v) is 4.26. The van der Waals surface area contributed by atoms with Crippen LogP contribution >= 0.6 is 8.03 Å². The molecule has 2 unspecified atom stereocenters. The topological polar surface area (TPSA) is 102 Å². The number of carboxylic acids is 1. The van der Waals surface area contributed by atoms with E-state index in [-0.39, 0.29) is 24.6 Å². The second-order valence-corrected chi connectivity index (χ2v) is 9.34. The lowest BCUT2D eigenvalue weighted by Crippen LogP contribution is -2.15. The highest BCUT2D eigenvalue weighted by molar-refractivity contribution is 7.39. The SMILES string of the molecule is CC(C)n1nc(-c2ccccc2)c(-c2ccc(F)cc2)c1C#CCO[PH](=O)CC(O)CC(=O)O. The number of carboxylic acid groups (broad SMARTS) is 1. The fourth-order valence-electron chi connectivity index (χ4n) is 3.38. The van der Waals surface area contributed by atoms with Gasteiger partial charge < -0.3 is 14.7 Å². The molecule has 0 saturated heterocycles. The minimum absolute atomic E-state index is 0.0211. The molecule has 0 aliphatic heterocycles. The Morgan fingerprint density at radius 3 is 2.44 bits per heavy atom.